The van der Waals surface area contributed by atoms with Crippen LogP contribution < -0.4 is 9.64 Å². The van der Waals surface area contributed by atoms with E-state index in [0.717, 1.165) is 35.4 Å². The highest BCUT2D eigenvalue weighted by Crippen LogP contribution is 2.61. The zero-order chi connectivity index (χ0) is 24.1. The Labute approximate surface area is 201 Å². The number of carbonyl (C=O) groups excluding carboxylic acids is 2. The van der Waals surface area contributed by atoms with Crippen molar-refractivity contribution in [2.24, 2.45) is 5.41 Å². The Morgan fingerprint density at radius 2 is 1.56 bits per heavy atom. The van der Waals surface area contributed by atoms with Gasteiger partial charge in [-0.2, -0.15) is 0 Å². The molecule has 3 aromatic carbocycles. The van der Waals surface area contributed by atoms with Crippen LogP contribution in [-0.4, -0.2) is 26.1 Å². The third-order valence-electron chi connectivity index (χ3n) is 6.86. The molecule has 1 aliphatic rings. The average Bonchev–Trinajstić information content (AvgIpc) is 2.90. The van der Waals surface area contributed by atoms with Crippen molar-refractivity contribution in [2.45, 2.75) is 38.1 Å². The van der Waals surface area contributed by atoms with Gasteiger partial charge in [-0.25, -0.2) is 0 Å². The highest BCUT2D eigenvalue weighted by Gasteiger charge is 2.67. The molecule has 1 aliphatic heterocycles. The molecule has 0 bridgehead atoms. The minimum absolute atomic E-state index is 0.0563. The molecule has 3 unspecified atom stereocenters. The summed E-state index contributed by atoms with van der Waals surface area (Å²) in [7, 11) is 3.01. The first-order chi connectivity index (χ1) is 16.6. The van der Waals surface area contributed by atoms with Crippen molar-refractivity contribution >= 4 is 17.6 Å². The van der Waals surface area contributed by atoms with Gasteiger partial charge >= 0.3 is 5.97 Å². The normalized spacial score (nSPS) is 20.4. The van der Waals surface area contributed by atoms with E-state index in [1.165, 1.54) is 7.11 Å². The Morgan fingerprint density at radius 1 is 0.941 bits per heavy atom. The third-order valence-corrected chi connectivity index (χ3v) is 6.86. The molecule has 5 nitrogen and oxygen atoms in total. The van der Waals surface area contributed by atoms with E-state index in [1.54, 1.807) is 7.11 Å². The van der Waals surface area contributed by atoms with Crippen LogP contribution in [0, 0.1) is 5.41 Å². The zero-order valence-corrected chi connectivity index (χ0v) is 19.9. The maximum atomic E-state index is 14.3. The van der Waals surface area contributed by atoms with Gasteiger partial charge in [0, 0.05) is 5.69 Å². The standard InChI is InChI=1S/C29H31NO4/c1-4-5-20-29(25(27(31)34-3)21-12-8-6-9-13-21)26(22-14-10-7-11-15-22)30(28(29)32)23-16-18-24(33-2)19-17-23/h6-19,25-26H,4-5,20H2,1-3H3. The lowest BCUT2D eigenvalue weighted by Gasteiger charge is -2.59. The van der Waals surface area contributed by atoms with Crippen molar-refractivity contribution in [3.63, 3.8) is 0 Å². The molecule has 1 saturated heterocycles. The first-order valence-corrected chi connectivity index (χ1v) is 11.7. The average molecular weight is 458 g/mol. The van der Waals surface area contributed by atoms with E-state index in [1.807, 2.05) is 89.8 Å². The molecule has 0 spiro atoms. The monoisotopic (exact) mass is 457 g/mol. The Morgan fingerprint density at radius 3 is 2.12 bits per heavy atom. The molecule has 1 heterocycles. The lowest BCUT2D eigenvalue weighted by atomic mass is 9.56. The van der Waals surface area contributed by atoms with Gasteiger partial charge in [0.1, 0.15) is 5.75 Å². The lowest BCUT2D eigenvalue weighted by molar-refractivity contribution is -0.158. The van der Waals surface area contributed by atoms with Gasteiger partial charge < -0.3 is 14.4 Å². The topological polar surface area (TPSA) is 55.8 Å². The maximum absolute atomic E-state index is 14.3. The maximum Gasteiger partial charge on any atom is 0.314 e. The summed E-state index contributed by atoms with van der Waals surface area (Å²) in [4.78, 5) is 29.4. The van der Waals surface area contributed by atoms with Crippen LogP contribution in [-0.2, 0) is 14.3 Å². The van der Waals surface area contributed by atoms with E-state index >= 15 is 0 Å². The minimum Gasteiger partial charge on any atom is -0.497 e. The molecule has 3 atom stereocenters. The van der Waals surface area contributed by atoms with Gasteiger partial charge in [-0.05, 0) is 41.8 Å². The van der Waals surface area contributed by atoms with Crippen LogP contribution >= 0.6 is 0 Å². The fourth-order valence-corrected chi connectivity index (χ4v) is 5.26. The second-order valence-corrected chi connectivity index (χ2v) is 8.70. The molecule has 3 aromatic rings. The Hall–Kier alpha value is -3.60. The second kappa shape index (κ2) is 10.1. The van der Waals surface area contributed by atoms with Gasteiger partial charge in [0.15, 0.2) is 0 Å². The van der Waals surface area contributed by atoms with E-state index in [4.69, 9.17) is 9.47 Å². The van der Waals surface area contributed by atoms with E-state index in [2.05, 4.69) is 6.92 Å². The van der Waals surface area contributed by atoms with Crippen molar-refractivity contribution in [1.82, 2.24) is 0 Å². The van der Waals surface area contributed by atoms with Gasteiger partial charge in [-0.3, -0.25) is 9.59 Å². The molecule has 0 N–H and O–H groups in total. The number of anilines is 1. The number of unbranched alkanes of at least 4 members (excludes halogenated alkanes) is 1. The smallest absolute Gasteiger partial charge is 0.314 e. The van der Waals surface area contributed by atoms with Crippen LogP contribution in [0.3, 0.4) is 0 Å². The van der Waals surface area contributed by atoms with Crippen LogP contribution in [0.15, 0.2) is 84.9 Å². The summed E-state index contributed by atoms with van der Waals surface area (Å²) < 4.78 is 10.6. The van der Waals surface area contributed by atoms with Crippen LogP contribution in [0.1, 0.15) is 49.3 Å². The molecule has 1 amide bonds. The summed E-state index contributed by atoms with van der Waals surface area (Å²) in [5.41, 5.74) is 1.63. The predicted octanol–water partition coefficient (Wildman–Crippen LogP) is 5.92. The number of hydrogen-bond acceptors (Lipinski definition) is 4. The Balaban J connectivity index is 1.91. The van der Waals surface area contributed by atoms with E-state index in [9.17, 15) is 9.59 Å². The van der Waals surface area contributed by atoms with E-state index in [-0.39, 0.29) is 17.9 Å². The zero-order valence-electron chi connectivity index (χ0n) is 19.9. The molecule has 34 heavy (non-hydrogen) atoms. The highest BCUT2D eigenvalue weighted by atomic mass is 16.5. The molecule has 4 rings (SSSR count). The summed E-state index contributed by atoms with van der Waals surface area (Å²) in [6, 6.07) is 26.7. The Kier molecular flexibility index (Phi) is 7.01. The quantitative estimate of drug-likeness (QED) is 0.296. The Bertz CT molecular complexity index is 1110. The van der Waals surface area contributed by atoms with Crippen molar-refractivity contribution < 1.29 is 19.1 Å². The molecule has 0 aromatic heterocycles. The fourth-order valence-electron chi connectivity index (χ4n) is 5.26. The second-order valence-electron chi connectivity index (χ2n) is 8.70. The SMILES string of the molecule is CCCCC1(C(C(=O)OC)c2ccccc2)C(=O)N(c2ccc(OC)cc2)C1c1ccccc1. The minimum atomic E-state index is -0.953. The van der Waals surface area contributed by atoms with Crippen molar-refractivity contribution in [3.8, 4) is 5.75 Å². The van der Waals surface area contributed by atoms with E-state index < -0.39 is 11.3 Å². The summed E-state index contributed by atoms with van der Waals surface area (Å²) in [6.07, 6.45) is 2.33. The van der Waals surface area contributed by atoms with Crippen LogP contribution in [0.25, 0.3) is 0 Å². The van der Waals surface area contributed by atoms with E-state index in [0.29, 0.717) is 6.42 Å². The number of benzene rings is 3. The van der Waals surface area contributed by atoms with Gasteiger partial charge in [-0.1, -0.05) is 80.4 Å². The number of carbonyl (C=O) groups is 2. The van der Waals surface area contributed by atoms with Gasteiger partial charge in [0.25, 0.3) is 0 Å². The van der Waals surface area contributed by atoms with Crippen LogP contribution in [0.5, 0.6) is 5.75 Å². The number of β-lactam (4-membered cyclic amide) rings is 1. The van der Waals surface area contributed by atoms with Crippen molar-refractivity contribution in [2.75, 3.05) is 19.1 Å². The van der Waals surface area contributed by atoms with Gasteiger partial charge in [0.05, 0.1) is 31.6 Å². The number of amides is 1. The van der Waals surface area contributed by atoms with Crippen molar-refractivity contribution in [1.29, 1.82) is 0 Å². The lowest BCUT2D eigenvalue weighted by Crippen LogP contribution is -2.67. The first-order valence-electron chi connectivity index (χ1n) is 11.7. The largest absolute Gasteiger partial charge is 0.497 e. The number of esters is 1. The summed E-state index contributed by atoms with van der Waals surface area (Å²) in [6.45, 7) is 2.10. The molecule has 1 fully saturated rings. The number of ether oxygens (including phenoxy) is 2. The number of rotatable bonds is 9. The number of hydrogen-bond donors (Lipinski definition) is 0. The molecule has 0 aliphatic carbocycles. The molecular formula is C29H31NO4. The first kappa shape index (κ1) is 23.6. The molecule has 5 heteroatoms. The molecule has 0 radical (unpaired) electrons. The molecule has 176 valence electrons. The molecule has 0 saturated carbocycles. The highest BCUT2D eigenvalue weighted by molar-refractivity contribution is 6.09. The summed E-state index contributed by atoms with van der Waals surface area (Å²) >= 11 is 0. The summed E-state index contributed by atoms with van der Waals surface area (Å²) in [5, 5.41) is 0. The van der Waals surface area contributed by atoms with Crippen LogP contribution in [0.2, 0.25) is 0 Å². The summed E-state index contributed by atoms with van der Waals surface area (Å²) in [5.74, 6) is -0.426. The number of methoxy groups -OCH3 is 2. The van der Waals surface area contributed by atoms with Crippen LogP contribution in [0.4, 0.5) is 5.69 Å². The van der Waals surface area contributed by atoms with Crippen molar-refractivity contribution in [3.05, 3.63) is 96.1 Å². The molecular weight excluding hydrogens is 426 g/mol. The van der Waals surface area contributed by atoms with Gasteiger partial charge in [0.2, 0.25) is 5.91 Å². The third kappa shape index (κ3) is 3.96. The van der Waals surface area contributed by atoms with Gasteiger partial charge in [-0.15, -0.1) is 0 Å². The fraction of sp³-hybridized carbons (Fsp3) is 0.310. The predicted molar refractivity (Wildman–Crippen MR) is 133 cm³/mol. The number of nitrogens with zero attached hydrogens (tertiary/aromatic N) is 1.